The topological polar surface area (TPSA) is 38.8 Å². The van der Waals surface area contributed by atoms with Crippen LogP contribution in [0, 0.1) is 0 Å². The van der Waals surface area contributed by atoms with Crippen molar-refractivity contribution in [2.24, 2.45) is 0 Å². The van der Waals surface area contributed by atoms with Gasteiger partial charge in [0.2, 0.25) is 6.79 Å². The van der Waals surface area contributed by atoms with Gasteiger partial charge in [-0.05, 0) is 45.1 Å². The van der Waals surface area contributed by atoms with Crippen LogP contribution in [-0.2, 0) is 11.2 Å². The summed E-state index contributed by atoms with van der Waals surface area (Å²) in [6.45, 7) is 0.0277. The van der Waals surface area contributed by atoms with E-state index in [9.17, 15) is 18.0 Å². The van der Waals surface area contributed by atoms with Gasteiger partial charge < -0.3 is 14.4 Å². The molecule has 1 atom stereocenters. The van der Waals surface area contributed by atoms with Crippen molar-refractivity contribution in [3.8, 4) is 11.5 Å². The lowest BCUT2D eigenvalue weighted by Gasteiger charge is -2.26. The minimum Gasteiger partial charge on any atom is -0.454 e. The lowest BCUT2D eigenvalue weighted by atomic mass is 9.87. The van der Waals surface area contributed by atoms with E-state index in [-0.39, 0.29) is 26.3 Å². The van der Waals surface area contributed by atoms with Crippen LogP contribution < -0.4 is 9.47 Å². The fourth-order valence-corrected chi connectivity index (χ4v) is 4.35. The summed E-state index contributed by atoms with van der Waals surface area (Å²) in [6.07, 6.45) is -4.61. The van der Waals surface area contributed by atoms with Crippen LogP contribution in [0.2, 0.25) is 0 Å². The average Bonchev–Trinajstić information content (AvgIpc) is 3.03. The van der Waals surface area contributed by atoms with Crippen molar-refractivity contribution < 1.29 is 27.4 Å². The summed E-state index contributed by atoms with van der Waals surface area (Å²) in [5.41, 5.74) is 2.52. The first-order valence-electron chi connectivity index (χ1n) is 8.38. The summed E-state index contributed by atoms with van der Waals surface area (Å²) in [7, 11) is 0. The summed E-state index contributed by atoms with van der Waals surface area (Å²) < 4.78 is 50.8. The summed E-state index contributed by atoms with van der Waals surface area (Å²) in [5, 5.41) is 0. The number of benzene rings is 2. The summed E-state index contributed by atoms with van der Waals surface area (Å²) in [5.74, 6) is -1.11. The van der Waals surface area contributed by atoms with Crippen LogP contribution in [0.3, 0.4) is 0 Å². The number of hydrogen-bond acceptors (Lipinski definition) is 3. The monoisotopic (exact) mass is 441 g/mol. The molecular weight excluding hydrogens is 427 g/mol. The maximum Gasteiger partial charge on any atom is 0.471 e. The van der Waals surface area contributed by atoms with Gasteiger partial charge in [-0.25, -0.2) is 0 Å². The highest BCUT2D eigenvalue weighted by Gasteiger charge is 2.44. The van der Waals surface area contributed by atoms with Gasteiger partial charge in [-0.15, -0.1) is 0 Å². The van der Waals surface area contributed by atoms with Gasteiger partial charge in [0.05, 0.1) is 4.47 Å². The molecule has 2 heterocycles. The Hall–Kier alpha value is -2.22. The predicted molar refractivity (Wildman–Crippen MR) is 94.9 cm³/mol. The van der Waals surface area contributed by atoms with Crippen molar-refractivity contribution in [3.05, 3.63) is 57.6 Å². The fourth-order valence-electron chi connectivity index (χ4n) is 3.62. The molecule has 0 N–H and O–H groups in total. The summed E-state index contributed by atoms with van der Waals surface area (Å²) in [4.78, 5) is 12.8. The number of carbonyl (C=O) groups excluding carboxylic acids is 1. The second-order valence-corrected chi connectivity index (χ2v) is 7.25. The van der Waals surface area contributed by atoms with Crippen LogP contribution in [0.15, 0.2) is 40.9 Å². The maximum atomic E-state index is 13.1. The standard InChI is InChI=1S/C19H15BrF3NO3/c20-16-12-6-7-24(18(25)19(21,22)23)9-14(11-4-2-1-3-5-11)13(12)8-15-17(16)27-10-26-15/h1-5,8,14H,6-7,9-10H2. The minimum absolute atomic E-state index is 0.0209. The van der Waals surface area contributed by atoms with Gasteiger partial charge in [0.15, 0.2) is 11.5 Å². The molecule has 0 saturated heterocycles. The molecule has 0 spiro atoms. The van der Waals surface area contributed by atoms with Crippen molar-refractivity contribution in [2.75, 3.05) is 19.9 Å². The van der Waals surface area contributed by atoms with E-state index in [4.69, 9.17) is 9.47 Å². The Morgan fingerprint density at radius 2 is 1.93 bits per heavy atom. The number of halogens is 4. The zero-order chi connectivity index (χ0) is 19.2. The highest BCUT2D eigenvalue weighted by molar-refractivity contribution is 9.10. The Bertz CT molecular complexity index is 886. The van der Waals surface area contributed by atoms with Crippen LogP contribution >= 0.6 is 15.9 Å². The van der Waals surface area contributed by atoms with Crippen molar-refractivity contribution >= 4 is 21.8 Å². The molecule has 2 aliphatic heterocycles. The molecule has 2 aromatic carbocycles. The van der Waals surface area contributed by atoms with Gasteiger partial charge in [0, 0.05) is 19.0 Å². The maximum absolute atomic E-state index is 13.1. The molecular formula is C19H15BrF3NO3. The van der Waals surface area contributed by atoms with Crippen LogP contribution in [0.5, 0.6) is 11.5 Å². The molecule has 142 valence electrons. The highest BCUT2D eigenvalue weighted by Crippen LogP contribution is 2.47. The molecule has 0 aliphatic carbocycles. The van der Waals surface area contributed by atoms with Gasteiger partial charge >= 0.3 is 12.1 Å². The first-order chi connectivity index (χ1) is 12.9. The number of rotatable bonds is 1. The van der Waals surface area contributed by atoms with E-state index in [0.29, 0.717) is 16.0 Å². The van der Waals surface area contributed by atoms with Crippen molar-refractivity contribution in [2.45, 2.75) is 18.5 Å². The molecule has 0 aromatic heterocycles. The zero-order valence-electron chi connectivity index (χ0n) is 14.1. The van der Waals surface area contributed by atoms with Gasteiger partial charge in [-0.1, -0.05) is 30.3 Å². The normalized spacial score (nSPS) is 18.8. The van der Waals surface area contributed by atoms with Gasteiger partial charge in [-0.2, -0.15) is 13.2 Å². The number of alkyl halides is 3. The Morgan fingerprint density at radius 1 is 1.19 bits per heavy atom. The molecule has 2 aromatic rings. The molecule has 0 fully saturated rings. The van der Waals surface area contributed by atoms with Crippen molar-refractivity contribution in [1.29, 1.82) is 0 Å². The van der Waals surface area contributed by atoms with Crippen LogP contribution in [-0.4, -0.2) is 36.9 Å². The molecule has 4 rings (SSSR count). The smallest absolute Gasteiger partial charge is 0.454 e. The van der Waals surface area contributed by atoms with Crippen LogP contribution in [0.4, 0.5) is 13.2 Å². The third kappa shape index (κ3) is 3.26. The number of carbonyl (C=O) groups is 1. The number of nitrogens with zero attached hydrogens (tertiary/aromatic N) is 1. The van der Waals surface area contributed by atoms with E-state index in [2.05, 4.69) is 15.9 Å². The molecule has 1 unspecified atom stereocenters. The van der Waals surface area contributed by atoms with Crippen molar-refractivity contribution in [3.63, 3.8) is 0 Å². The lowest BCUT2D eigenvalue weighted by molar-refractivity contribution is -0.185. The number of ether oxygens (including phenoxy) is 2. The Morgan fingerprint density at radius 3 is 2.63 bits per heavy atom. The second kappa shape index (κ2) is 6.74. The van der Waals surface area contributed by atoms with Crippen LogP contribution in [0.1, 0.15) is 22.6 Å². The largest absolute Gasteiger partial charge is 0.471 e. The minimum atomic E-state index is -4.90. The SMILES string of the molecule is O=C(N1CCc2c(cc3c(c2Br)OCO3)C(c2ccccc2)C1)C(F)(F)F. The predicted octanol–water partition coefficient (Wildman–Crippen LogP) is 4.26. The van der Waals surface area contributed by atoms with E-state index in [1.165, 1.54) is 0 Å². The first-order valence-corrected chi connectivity index (χ1v) is 9.17. The molecule has 2 aliphatic rings. The van der Waals surface area contributed by atoms with Gasteiger partial charge in [0.25, 0.3) is 0 Å². The lowest BCUT2D eigenvalue weighted by Crippen LogP contribution is -2.43. The summed E-state index contributed by atoms with van der Waals surface area (Å²) >= 11 is 3.52. The molecule has 0 saturated carbocycles. The Kier molecular flexibility index (Phi) is 4.53. The van der Waals surface area contributed by atoms with Crippen LogP contribution in [0.25, 0.3) is 0 Å². The van der Waals surface area contributed by atoms with Crippen molar-refractivity contribution in [1.82, 2.24) is 4.90 Å². The van der Waals surface area contributed by atoms with Gasteiger partial charge in [-0.3, -0.25) is 4.79 Å². The van der Waals surface area contributed by atoms with E-state index >= 15 is 0 Å². The second-order valence-electron chi connectivity index (χ2n) is 6.45. The van der Waals surface area contributed by atoms with E-state index in [0.717, 1.165) is 21.6 Å². The Labute approximate surface area is 162 Å². The molecule has 0 radical (unpaired) electrons. The number of hydrogen-bond donors (Lipinski definition) is 0. The van der Waals surface area contributed by atoms with Gasteiger partial charge in [0.1, 0.15) is 0 Å². The first kappa shape index (κ1) is 18.2. The van der Waals surface area contributed by atoms with E-state index in [1.54, 1.807) is 0 Å². The average molecular weight is 442 g/mol. The third-order valence-electron chi connectivity index (χ3n) is 4.88. The number of amides is 1. The zero-order valence-corrected chi connectivity index (χ0v) is 15.6. The third-order valence-corrected chi connectivity index (χ3v) is 5.72. The number of fused-ring (bicyclic) bond motifs is 2. The van der Waals surface area contributed by atoms with E-state index in [1.807, 2.05) is 36.4 Å². The Balaban J connectivity index is 1.83. The molecule has 0 bridgehead atoms. The summed E-state index contributed by atoms with van der Waals surface area (Å²) in [6, 6.07) is 11.0. The van der Waals surface area contributed by atoms with E-state index < -0.39 is 18.0 Å². The highest BCUT2D eigenvalue weighted by atomic mass is 79.9. The molecule has 27 heavy (non-hydrogen) atoms. The quantitative estimate of drug-likeness (QED) is 0.663. The molecule has 4 nitrogen and oxygen atoms in total. The molecule has 8 heteroatoms. The molecule has 1 amide bonds. The fraction of sp³-hybridized carbons (Fsp3) is 0.316.